The molecule has 0 radical (unpaired) electrons. The molecular formula is C9H15ClN2O. The maximum Gasteiger partial charge on any atom is 0.243 e. The second kappa shape index (κ2) is 4.11. The van der Waals surface area contributed by atoms with E-state index in [1.165, 1.54) is 12.8 Å². The summed E-state index contributed by atoms with van der Waals surface area (Å²) in [5, 5.41) is 2.84. The van der Waals surface area contributed by atoms with Crippen LogP contribution in [0, 0.1) is 5.92 Å². The van der Waals surface area contributed by atoms with E-state index in [-0.39, 0.29) is 30.4 Å². The molecule has 13 heavy (non-hydrogen) atoms. The Labute approximate surface area is 84.2 Å². The van der Waals surface area contributed by atoms with E-state index < -0.39 is 0 Å². The molecule has 2 saturated carbocycles. The average molecular weight is 203 g/mol. The van der Waals surface area contributed by atoms with Gasteiger partial charge in [-0.1, -0.05) is 6.08 Å². The molecule has 0 aromatic rings. The van der Waals surface area contributed by atoms with Gasteiger partial charge in [-0.2, -0.15) is 0 Å². The molecule has 0 spiro atoms. The van der Waals surface area contributed by atoms with Gasteiger partial charge >= 0.3 is 0 Å². The van der Waals surface area contributed by atoms with Crippen LogP contribution in [0.5, 0.6) is 0 Å². The molecule has 0 aliphatic heterocycles. The minimum Gasteiger partial charge on any atom is -0.348 e. The van der Waals surface area contributed by atoms with Crippen LogP contribution in [0.4, 0.5) is 0 Å². The van der Waals surface area contributed by atoms with Gasteiger partial charge in [-0.3, -0.25) is 4.79 Å². The lowest BCUT2D eigenvalue weighted by Gasteiger charge is -1.96. The summed E-state index contributed by atoms with van der Waals surface area (Å²) < 4.78 is 0. The molecule has 0 aromatic heterocycles. The van der Waals surface area contributed by atoms with Crippen LogP contribution >= 0.6 is 12.4 Å². The lowest BCUT2D eigenvalue weighted by molar-refractivity contribution is -0.116. The van der Waals surface area contributed by atoms with Crippen molar-refractivity contribution in [3.05, 3.63) is 12.2 Å². The number of allylic oxidation sites excluding steroid dienone is 1. The topological polar surface area (TPSA) is 55.1 Å². The third kappa shape index (κ3) is 3.36. The largest absolute Gasteiger partial charge is 0.348 e. The molecule has 1 amide bonds. The van der Waals surface area contributed by atoms with Gasteiger partial charge in [0.05, 0.1) is 0 Å². The summed E-state index contributed by atoms with van der Waals surface area (Å²) in [6.45, 7) is 0. The van der Waals surface area contributed by atoms with E-state index >= 15 is 0 Å². The number of rotatable bonds is 3. The predicted octanol–water partition coefficient (Wildman–Crippen LogP) is 0.590. The highest BCUT2D eigenvalue weighted by molar-refractivity contribution is 5.88. The molecule has 3 N–H and O–H groups in total. The Bertz CT molecular complexity index is 226. The van der Waals surface area contributed by atoms with Gasteiger partial charge in [-0.25, -0.2) is 0 Å². The molecule has 74 valence electrons. The Morgan fingerprint density at radius 2 is 2.08 bits per heavy atom. The van der Waals surface area contributed by atoms with Gasteiger partial charge in [0, 0.05) is 12.1 Å². The van der Waals surface area contributed by atoms with Gasteiger partial charge in [0.25, 0.3) is 0 Å². The number of hydrogen-bond donors (Lipinski definition) is 2. The molecule has 2 fully saturated rings. The molecule has 0 bridgehead atoms. The number of carbonyl (C=O) groups excluding carboxylic acids is 1. The van der Waals surface area contributed by atoms with Crippen molar-refractivity contribution in [1.82, 2.24) is 5.32 Å². The predicted molar refractivity (Wildman–Crippen MR) is 53.6 cm³/mol. The fourth-order valence-corrected chi connectivity index (χ4v) is 1.12. The molecule has 2 aliphatic carbocycles. The highest BCUT2D eigenvalue weighted by atomic mass is 35.5. The minimum atomic E-state index is 0. The number of carbonyl (C=O) groups is 1. The molecule has 2 unspecified atom stereocenters. The Balaban J connectivity index is 0.000000845. The van der Waals surface area contributed by atoms with Crippen molar-refractivity contribution in [3.8, 4) is 0 Å². The molecular weight excluding hydrogens is 188 g/mol. The number of hydrogen-bond acceptors (Lipinski definition) is 2. The molecule has 3 nitrogen and oxygen atoms in total. The smallest absolute Gasteiger partial charge is 0.243 e. The standard InChI is InChI=1S/C9H14N2O.ClH/c10-7-5-8(7)11-9(12)4-3-6-1-2-6;/h3-4,6-8H,1-2,5,10H2,(H,11,12);1H/b4-3+;. The van der Waals surface area contributed by atoms with Gasteiger partial charge in [0.15, 0.2) is 0 Å². The summed E-state index contributed by atoms with van der Waals surface area (Å²) in [5.41, 5.74) is 5.54. The van der Waals surface area contributed by atoms with E-state index in [1.54, 1.807) is 6.08 Å². The van der Waals surface area contributed by atoms with Gasteiger partial charge in [0.2, 0.25) is 5.91 Å². The zero-order valence-electron chi connectivity index (χ0n) is 7.40. The minimum absolute atomic E-state index is 0. The van der Waals surface area contributed by atoms with Crippen molar-refractivity contribution in [2.75, 3.05) is 0 Å². The quantitative estimate of drug-likeness (QED) is 0.659. The fraction of sp³-hybridized carbons (Fsp3) is 0.667. The Morgan fingerprint density at radius 1 is 1.46 bits per heavy atom. The first kappa shape index (κ1) is 10.5. The van der Waals surface area contributed by atoms with Crippen molar-refractivity contribution < 1.29 is 4.79 Å². The van der Waals surface area contributed by atoms with Crippen molar-refractivity contribution in [1.29, 1.82) is 0 Å². The molecule has 4 heteroatoms. The highest BCUT2D eigenvalue weighted by Crippen LogP contribution is 2.29. The fourth-order valence-electron chi connectivity index (χ4n) is 1.12. The summed E-state index contributed by atoms with van der Waals surface area (Å²) in [6, 6.07) is 0.435. The SMILES string of the molecule is Cl.NC1CC1NC(=O)/C=C/C1CC1. The van der Waals surface area contributed by atoms with Gasteiger partial charge in [-0.15, -0.1) is 12.4 Å². The van der Waals surface area contributed by atoms with Crippen LogP contribution in [0.3, 0.4) is 0 Å². The summed E-state index contributed by atoms with van der Waals surface area (Å²) in [5.74, 6) is 0.684. The van der Waals surface area contributed by atoms with E-state index in [9.17, 15) is 4.79 Å². The third-order valence-electron chi connectivity index (χ3n) is 2.31. The molecule has 0 aromatic carbocycles. The zero-order valence-corrected chi connectivity index (χ0v) is 8.22. The van der Waals surface area contributed by atoms with Crippen LogP contribution in [0.15, 0.2) is 12.2 Å². The van der Waals surface area contributed by atoms with Crippen LogP contribution in [0.1, 0.15) is 19.3 Å². The normalized spacial score (nSPS) is 31.2. The van der Waals surface area contributed by atoms with E-state index in [0.717, 1.165) is 6.42 Å². The lowest BCUT2D eigenvalue weighted by Crippen LogP contribution is -2.27. The second-order valence-electron chi connectivity index (χ2n) is 3.71. The molecule has 2 rings (SSSR count). The highest BCUT2D eigenvalue weighted by Gasteiger charge is 2.34. The Morgan fingerprint density at radius 3 is 2.54 bits per heavy atom. The first-order chi connectivity index (χ1) is 5.75. The summed E-state index contributed by atoms with van der Waals surface area (Å²) in [6.07, 6.45) is 7.05. The van der Waals surface area contributed by atoms with Crippen molar-refractivity contribution in [2.24, 2.45) is 11.7 Å². The van der Waals surface area contributed by atoms with E-state index in [1.807, 2.05) is 6.08 Å². The van der Waals surface area contributed by atoms with E-state index in [2.05, 4.69) is 5.32 Å². The maximum absolute atomic E-state index is 11.1. The van der Waals surface area contributed by atoms with Gasteiger partial charge in [0.1, 0.15) is 0 Å². The van der Waals surface area contributed by atoms with Gasteiger partial charge in [-0.05, 0) is 31.3 Å². The number of amides is 1. The second-order valence-corrected chi connectivity index (χ2v) is 3.71. The van der Waals surface area contributed by atoms with Crippen LogP contribution in [-0.4, -0.2) is 18.0 Å². The summed E-state index contributed by atoms with van der Waals surface area (Å²) in [7, 11) is 0. The summed E-state index contributed by atoms with van der Waals surface area (Å²) in [4.78, 5) is 11.1. The van der Waals surface area contributed by atoms with Crippen LogP contribution in [-0.2, 0) is 4.79 Å². The van der Waals surface area contributed by atoms with Crippen molar-refractivity contribution in [3.63, 3.8) is 0 Å². The van der Waals surface area contributed by atoms with Crippen molar-refractivity contribution >= 4 is 18.3 Å². The number of nitrogens with two attached hydrogens (primary N) is 1. The molecule has 2 aliphatic rings. The number of nitrogens with one attached hydrogen (secondary N) is 1. The van der Waals surface area contributed by atoms with Crippen molar-refractivity contribution in [2.45, 2.75) is 31.3 Å². The molecule has 0 heterocycles. The lowest BCUT2D eigenvalue weighted by atomic mass is 10.3. The zero-order chi connectivity index (χ0) is 8.55. The maximum atomic E-state index is 11.1. The van der Waals surface area contributed by atoms with Crippen LogP contribution in [0.25, 0.3) is 0 Å². The van der Waals surface area contributed by atoms with E-state index in [0.29, 0.717) is 5.92 Å². The summed E-state index contributed by atoms with van der Waals surface area (Å²) >= 11 is 0. The Kier molecular flexibility index (Phi) is 3.33. The van der Waals surface area contributed by atoms with Gasteiger partial charge < -0.3 is 11.1 Å². The molecule has 0 saturated heterocycles. The molecule has 2 atom stereocenters. The van der Waals surface area contributed by atoms with Crippen LogP contribution in [0.2, 0.25) is 0 Å². The first-order valence-corrected chi connectivity index (χ1v) is 4.50. The Hall–Kier alpha value is -0.540. The average Bonchev–Trinajstić information content (AvgIpc) is 2.87. The first-order valence-electron chi connectivity index (χ1n) is 4.50. The van der Waals surface area contributed by atoms with E-state index in [4.69, 9.17) is 5.73 Å². The van der Waals surface area contributed by atoms with Crippen LogP contribution < -0.4 is 11.1 Å². The number of halogens is 1. The third-order valence-corrected chi connectivity index (χ3v) is 2.31. The monoisotopic (exact) mass is 202 g/mol.